The van der Waals surface area contributed by atoms with Gasteiger partial charge >= 0.3 is 6.09 Å². The minimum absolute atomic E-state index is 0.323. The molecule has 0 radical (unpaired) electrons. The van der Waals surface area contributed by atoms with Crippen molar-refractivity contribution >= 4 is 11.9 Å². The van der Waals surface area contributed by atoms with Gasteiger partial charge in [-0.25, -0.2) is 4.79 Å². The van der Waals surface area contributed by atoms with Gasteiger partial charge in [0.05, 0.1) is 0 Å². The summed E-state index contributed by atoms with van der Waals surface area (Å²) in [4.78, 5) is 18.4. The molecule has 20 heavy (non-hydrogen) atoms. The number of aryl methyl sites for hydroxylation is 1. The lowest BCUT2D eigenvalue weighted by Crippen LogP contribution is -2.44. The van der Waals surface area contributed by atoms with Crippen LogP contribution in [0.5, 0.6) is 0 Å². The maximum absolute atomic E-state index is 12.3. The van der Waals surface area contributed by atoms with E-state index in [1.807, 2.05) is 52.0 Å². The Balaban J connectivity index is 2.23. The van der Waals surface area contributed by atoms with Crippen LogP contribution >= 0.6 is 0 Å². The van der Waals surface area contributed by atoms with Gasteiger partial charge in [0.1, 0.15) is 11.4 Å². The molecule has 0 saturated heterocycles. The molecule has 0 spiro atoms. The van der Waals surface area contributed by atoms with Gasteiger partial charge in [0.25, 0.3) is 0 Å². The zero-order valence-corrected chi connectivity index (χ0v) is 12.6. The van der Waals surface area contributed by atoms with Crippen molar-refractivity contribution in [3.8, 4) is 0 Å². The van der Waals surface area contributed by atoms with Crippen molar-refractivity contribution < 1.29 is 9.53 Å². The van der Waals surface area contributed by atoms with Gasteiger partial charge in [-0.15, -0.1) is 0 Å². The summed E-state index contributed by atoms with van der Waals surface area (Å²) < 4.78 is 5.46. The van der Waals surface area contributed by atoms with E-state index in [-0.39, 0.29) is 6.09 Å². The lowest BCUT2D eigenvalue weighted by molar-refractivity contribution is 0.0364. The summed E-state index contributed by atoms with van der Waals surface area (Å²) in [5, 5.41) is 0. The average Bonchev–Trinajstić information content (AvgIpc) is 2.38. The van der Waals surface area contributed by atoms with Crippen LogP contribution in [-0.4, -0.2) is 35.5 Å². The Morgan fingerprint density at radius 3 is 2.50 bits per heavy atom. The number of amidine groups is 1. The quantitative estimate of drug-likeness (QED) is 0.787. The molecule has 1 heterocycles. The number of hydrogen-bond donors (Lipinski definition) is 0. The average molecular weight is 274 g/mol. The van der Waals surface area contributed by atoms with E-state index in [9.17, 15) is 4.79 Å². The summed E-state index contributed by atoms with van der Waals surface area (Å²) in [6, 6.07) is 8.05. The topological polar surface area (TPSA) is 41.9 Å². The molecule has 0 aromatic heterocycles. The van der Waals surface area contributed by atoms with Crippen molar-refractivity contribution in [2.75, 3.05) is 13.1 Å². The highest BCUT2D eigenvalue weighted by Crippen LogP contribution is 2.17. The first-order valence-corrected chi connectivity index (χ1v) is 6.99. The SMILES string of the molecule is Cc1ccc(C2=NCCCN2C(=O)OC(C)(C)C)cc1. The van der Waals surface area contributed by atoms with Gasteiger partial charge in [-0.3, -0.25) is 9.89 Å². The number of benzene rings is 1. The standard InChI is InChI=1S/C16H22N2O2/c1-12-6-8-13(9-7-12)14-17-10-5-11-18(14)15(19)20-16(2,3)4/h6-9H,5,10-11H2,1-4H3. The molecule has 2 rings (SSSR count). The van der Waals surface area contributed by atoms with E-state index in [2.05, 4.69) is 4.99 Å². The fraction of sp³-hybridized carbons (Fsp3) is 0.500. The van der Waals surface area contributed by atoms with Crippen molar-refractivity contribution in [3.63, 3.8) is 0 Å². The molecule has 1 aliphatic heterocycles. The van der Waals surface area contributed by atoms with Crippen LogP contribution in [0.1, 0.15) is 38.3 Å². The van der Waals surface area contributed by atoms with Crippen molar-refractivity contribution in [3.05, 3.63) is 35.4 Å². The second-order valence-electron chi connectivity index (χ2n) is 6.06. The van der Waals surface area contributed by atoms with Gasteiger partial charge in [-0.2, -0.15) is 0 Å². The zero-order valence-electron chi connectivity index (χ0n) is 12.6. The Hall–Kier alpha value is -1.84. The molecule has 0 saturated carbocycles. The number of amides is 1. The molecule has 0 fully saturated rings. The van der Waals surface area contributed by atoms with Gasteiger partial charge in [-0.1, -0.05) is 29.8 Å². The van der Waals surface area contributed by atoms with Crippen LogP contribution in [0.3, 0.4) is 0 Å². The molecule has 1 amide bonds. The van der Waals surface area contributed by atoms with Crippen molar-refractivity contribution in [2.24, 2.45) is 4.99 Å². The summed E-state index contributed by atoms with van der Waals surface area (Å²) in [7, 11) is 0. The predicted molar refractivity (Wildman–Crippen MR) is 80.1 cm³/mol. The molecule has 1 aromatic rings. The van der Waals surface area contributed by atoms with E-state index in [1.165, 1.54) is 5.56 Å². The van der Waals surface area contributed by atoms with Crippen LogP contribution in [0.2, 0.25) is 0 Å². The molecule has 1 aromatic carbocycles. The monoisotopic (exact) mass is 274 g/mol. The van der Waals surface area contributed by atoms with Crippen LogP contribution in [0.25, 0.3) is 0 Å². The first kappa shape index (κ1) is 14.6. The smallest absolute Gasteiger partial charge is 0.416 e. The fourth-order valence-corrected chi connectivity index (χ4v) is 2.05. The van der Waals surface area contributed by atoms with Crippen LogP contribution in [0, 0.1) is 6.92 Å². The highest BCUT2D eigenvalue weighted by atomic mass is 16.6. The van der Waals surface area contributed by atoms with Crippen molar-refractivity contribution in [1.82, 2.24) is 4.90 Å². The number of nitrogens with zero attached hydrogens (tertiary/aromatic N) is 2. The third kappa shape index (κ3) is 3.59. The van der Waals surface area contributed by atoms with Crippen molar-refractivity contribution in [2.45, 2.75) is 39.7 Å². The predicted octanol–water partition coefficient (Wildman–Crippen LogP) is 3.38. The molecule has 0 unspecified atom stereocenters. The lowest BCUT2D eigenvalue weighted by atomic mass is 10.1. The second kappa shape index (κ2) is 5.65. The van der Waals surface area contributed by atoms with E-state index < -0.39 is 5.60 Å². The lowest BCUT2D eigenvalue weighted by Gasteiger charge is -2.30. The summed E-state index contributed by atoms with van der Waals surface area (Å²) in [6.45, 7) is 9.06. The Kier molecular flexibility index (Phi) is 4.12. The Morgan fingerprint density at radius 1 is 1.25 bits per heavy atom. The molecule has 0 N–H and O–H groups in total. The number of hydrogen-bond acceptors (Lipinski definition) is 3. The first-order chi connectivity index (χ1) is 9.37. The van der Waals surface area contributed by atoms with E-state index in [0.29, 0.717) is 12.4 Å². The normalized spacial score (nSPS) is 15.8. The Bertz CT molecular complexity index is 512. The molecular formula is C16H22N2O2. The fourth-order valence-electron chi connectivity index (χ4n) is 2.05. The van der Waals surface area contributed by atoms with Crippen LogP contribution in [0.15, 0.2) is 29.3 Å². The first-order valence-electron chi connectivity index (χ1n) is 6.99. The van der Waals surface area contributed by atoms with Gasteiger partial charge in [0, 0.05) is 18.7 Å². The highest BCUT2D eigenvalue weighted by Gasteiger charge is 2.27. The number of carbonyl (C=O) groups is 1. The third-order valence-electron chi connectivity index (χ3n) is 2.98. The Morgan fingerprint density at radius 2 is 1.90 bits per heavy atom. The minimum atomic E-state index is -0.493. The summed E-state index contributed by atoms with van der Waals surface area (Å²) in [5.74, 6) is 0.713. The van der Waals surface area contributed by atoms with Gasteiger partial charge < -0.3 is 4.74 Å². The van der Waals surface area contributed by atoms with Crippen LogP contribution < -0.4 is 0 Å². The summed E-state index contributed by atoms with van der Waals surface area (Å²) in [6.07, 6.45) is 0.547. The molecular weight excluding hydrogens is 252 g/mol. The largest absolute Gasteiger partial charge is 0.443 e. The van der Waals surface area contributed by atoms with E-state index in [4.69, 9.17) is 4.74 Å². The van der Waals surface area contributed by atoms with Gasteiger partial charge in [0.2, 0.25) is 0 Å². The maximum atomic E-state index is 12.3. The third-order valence-corrected chi connectivity index (χ3v) is 2.98. The number of rotatable bonds is 1. The number of ether oxygens (including phenoxy) is 1. The number of aliphatic imine (C=N–C) groups is 1. The zero-order chi connectivity index (χ0) is 14.8. The van der Waals surface area contributed by atoms with E-state index in [0.717, 1.165) is 18.5 Å². The molecule has 108 valence electrons. The van der Waals surface area contributed by atoms with Crippen molar-refractivity contribution in [1.29, 1.82) is 0 Å². The van der Waals surface area contributed by atoms with Gasteiger partial charge in [0.15, 0.2) is 0 Å². The summed E-state index contributed by atoms with van der Waals surface area (Å²) >= 11 is 0. The molecule has 1 aliphatic rings. The summed E-state index contributed by atoms with van der Waals surface area (Å²) in [5.41, 5.74) is 1.66. The molecule has 0 aliphatic carbocycles. The molecule has 0 bridgehead atoms. The van der Waals surface area contributed by atoms with Gasteiger partial charge in [-0.05, 0) is 34.1 Å². The van der Waals surface area contributed by atoms with E-state index in [1.54, 1.807) is 4.90 Å². The molecule has 4 nitrogen and oxygen atoms in total. The number of carbonyl (C=O) groups excluding carboxylic acids is 1. The minimum Gasteiger partial charge on any atom is -0.443 e. The van der Waals surface area contributed by atoms with E-state index >= 15 is 0 Å². The van der Waals surface area contributed by atoms with Crippen LogP contribution in [0.4, 0.5) is 4.79 Å². The highest BCUT2D eigenvalue weighted by molar-refractivity contribution is 6.06. The molecule has 0 atom stereocenters. The maximum Gasteiger partial charge on any atom is 0.416 e. The second-order valence-corrected chi connectivity index (χ2v) is 6.06. The van der Waals surface area contributed by atoms with Crippen LogP contribution in [-0.2, 0) is 4.74 Å². The molecule has 4 heteroatoms. The Labute approximate surface area is 120 Å².